The van der Waals surface area contributed by atoms with E-state index in [0.717, 1.165) is 18.7 Å². The Morgan fingerprint density at radius 2 is 1.75 bits per heavy atom. The van der Waals surface area contributed by atoms with E-state index in [1.54, 1.807) is 28.9 Å². The van der Waals surface area contributed by atoms with Crippen LogP contribution in [0.1, 0.15) is 17.4 Å². The quantitative estimate of drug-likeness (QED) is 0.541. The molecule has 32 heavy (non-hydrogen) atoms. The van der Waals surface area contributed by atoms with Gasteiger partial charge in [-0.3, -0.25) is 5.32 Å². The molecule has 3 aromatic rings. The molecule has 11 heteroatoms. The molecule has 1 atom stereocenters. The van der Waals surface area contributed by atoms with Crippen molar-refractivity contribution < 1.29 is 19.2 Å². The van der Waals surface area contributed by atoms with Crippen molar-refractivity contribution >= 4 is 35.0 Å². The molecule has 0 bridgehead atoms. The number of amides is 1. The molecule has 1 aliphatic heterocycles. The smallest absolute Gasteiger partial charge is 0.411 e. The highest BCUT2D eigenvalue weighted by atomic mass is 35.5. The van der Waals surface area contributed by atoms with Crippen LogP contribution in [0.5, 0.6) is 0 Å². The lowest BCUT2D eigenvalue weighted by atomic mass is 10.0. The summed E-state index contributed by atoms with van der Waals surface area (Å²) in [5.41, 5.74) is 1.66. The van der Waals surface area contributed by atoms with Gasteiger partial charge in [-0.1, -0.05) is 35.3 Å². The van der Waals surface area contributed by atoms with E-state index in [-0.39, 0.29) is 12.6 Å². The zero-order valence-electron chi connectivity index (χ0n) is 17.2. The summed E-state index contributed by atoms with van der Waals surface area (Å²) in [6, 6.07) is 14.4. The fourth-order valence-electron chi connectivity index (χ4n) is 3.63. The molecule has 1 amide bonds. The van der Waals surface area contributed by atoms with Gasteiger partial charge in [0.15, 0.2) is 6.04 Å². The molecule has 1 fully saturated rings. The lowest BCUT2D eigenvalue weighted by Crippen LogP contribution is -3.14. The van der Waals surface area contributed by atoms with E-state index in [9.17, 15) is 4.79 Å². The second-order valence-electron chi connectivity index (χ2n) is 7.28. The zero-order valence-corrected chi connectivity index (χ0v) is 18.7. The summed E-state index contributed by atoms with van der Waals surface area (Å²) in [6.07, 6.45) is -0.560. The molecule has 2 heterocycles. The molecule has 0 saturated carbocycles. The number of ether oxygens (including phenoxy) is 2. The molecule has 1 aromatic heterocycles. The molecule has 2 aromatic carbocycles. The Morgan fingerprint density at radius 3 is 2.44 bits per heavy atom. The number of quaternary nitrogens is 1. The lowest BCUT2D eigenvalue weighted by Gasteiger charge is -2.31. The average molecular weight is 478 g/mol. The number of hydrogen-bond donors (Lipinski definition) is 2. The van der Waals surface area contributed by atoms with E-state index in [1.165, 1.54) is 4.90 Å². The molecule has 0 aliphatic carbocycles. The van der Waals surface area contributed by atoms with Gasteiger partial charge in [0.05, 0.1) is 19.8 Å². The summed E-state index contributed by atoms with van der Waals surface area (Å²) in [7, 11) is 0. The zero-order chi connectivity index (χ0) is 22.3. The van der Waals surface area contributed by atoms with Crippen molar-refractivity contribution in [3.05, 3.63) is 70.0 Å². The highest BCUT2D eigenvalue weighted by Gasteiger charge is 2.32. The summed E-state index contributed by atoms with van der Waals surface area (Å²) >= 11 is 11.9. The molecule has 168 valence electrons. The Bertz CT molecular complexity index is 1020. The van der Waals surface area contributed by atoms with Crippen molar-refractivity contribution in [3.8, 4) is 0 Å². The maximum atomic E-state index is 12.1. The average Bonchev–Trinajstić information content (AvgIpc) is 3.25. The van der Waals surface area contributed by atoms with E-state index >= 15 is 0 Å². The summed E-state index contributed by atoms with van der Waals surface area (Å²) < 4.78 is 12.5. The Kier molecular flexibility index (Phi) is 7.54. The number of anilines is 1. The standard InChI is InChI=1S/C21H22Cl2N6O3/c22-16-3-1-15(2-4-16)19(28-9-12-31-13-10-28)20-25-26-27-29(20)11-14-32-21(30)24-18-7-5-17(23)6-8-18/h1-8,19H,9-14H2,(H,24,30)/p+1/t19-/m0/s1. The van der Waals surface area contributed by atoms with Gasteiger partial charge in [0, 0.05) is 21.3 Å². The van der Waals surface area contributed by atoms with Crippen LogP contribution in [-0.2, 0) is 16.0 Å². The number of halogens is 2. The maximum Gasteiger partial charge on any atom is 0.411 e. The largest absolute Gasteiger partial charge is 0.447 e. The van der Waals surface area contributed by atoms with E-state index < -0.39 is 6.09 Å². The fourth-order valence-corrected chi connectivity index (χ4v) is 3.89. The monoisotopic (exact) mass is 477 g/mol. The topological polar surface area (TPSA) is 95.6 Å². The lowest BCUT2D eigenvalue weighted by molar-refractivity contribution is -0.933. The molecule has 9 nitrogen and oxygen atoms in total. The summed E-state index contributed by atoms with van der Waals surface area (Å²) in [6.45, 7) is 3.46. The van der Waals surface area contributed by atoms with Crippen LogP contribution < -0.4 is 10.2 Å². The van der Waals surface area contributed by atoms with Gasteiger partial charge in [-0.15, -0.1) is 5.10 Å². The maximum absolute atomic E-state index is 12.1. The molecule has 0 spiro atoms. The number of carbonyl (C=O) groups is 1. The third-order valence-electron chi connectivity index (χ3n) is 5.19. The minimum Gasteiger partial charge on any atom is -0.447 e. The number of carbonyl (C=O) groups excluding carboxylic acids is 1. The molecule has 0 unspecified atom stereocenters. The van der Waals surface area contributed by atoms with Crippen LogP contribution in [0.25, 0.3) is 0 Å². The number of aromatic nitrogens is 4. The minimum atomic E-state index is -0.560. The van der Waals surface area contributed by atoms with Crippen molar-refractivity contribution in [2.24, 2.45) is 0 Å². The van der Waals surface area contributed by atoms with E-state index in [4.69, 9.17) is 32.7 Å². The predicted molar refractivity (Wildman–Crippen MR) is 119 cm³/mol. The minimum absolute atomic E-state index is 0.0888. The van der Waals surface area contributed by atoms with Crippen molar-refractivity contribution in [2.75, 3.05) is 38.2 Å². The first-order chi connectivity index (χ1) is 15.6. The molecule has 1 aliphatic rings. The van der Waals surface area contributed by atoms with Crippen LogP contribution >= 0.6 is 23.2 Å². The van der Waals surface area contributed by atoms with Gasteiger partial charge in [-0.25, -0.2) is 9.48 Å². The number of morpholine rings is 1. The fraction of sp³-hybridized carbons (Fsp3) is 0.333. The Labute approximate surface area is 195 Å². The van der Waals surface area contributed by atoms with E-state index in [2.05, 4.69) is 20.8 Å². The van der Waals surface area contributed by atoms with Crippen molar-refractivity contribution in [1.82, 2.24) is 20.2 Å². The number of nitrogens with zero attached hydrogens (tertiary/aromatic N) is 4. The number of tetrazole rings is 1. The van der Waals surface area contributed by atoms with Crippen LogP contribution in [-0.4, -0.2) is 59.2 Å². The van der Waals surface area contributed by atoms with Gasteiger partial charge in [0.1, 0.15) is 19.7 Å². The first-order valence-corrected chi connectivity index (χ1v) is 11.0. The van der Waals surface area contributed by atoms with Crippen LogP contribution in [0, 0.1) is 0 Å². The summed E-state index contributed by atoms with van der Waals surface area (Å²) in [4.78, 5) is 13.4. The van der Waals surface area contributed by atoms with Crippen molar-refractivity contribution in [2.45, 2.75) is 12.6 Å². The highest BCUT2D eigenvalue weighted by molar-refractivity contribution is 6.30. The molecule has 1 saturated heterocycles. The SMILES string of the molecule is O=C(Nc1ccc(Cl)cc1)OCCn1nnnc1[C@H](c1ccc(Cl)cc1)[NH+]1CCOCC1. The molecular formula is C21H23Cl2N6O3+. The van der Waals surface area contributed by atoms with Gasteiger partial charge in [0.2, 0.25) is 5.82 Å². The molecule has 0 radical (unpaired) electrons. The predicted octanol–water partition coefficient (Wildman–Crippen LogP) is 2.23. The van der Waals surface area contributed by atoms with E-state index in [0.29, 0.717) is 41.3 Å². The first kappa shape index (κ1) is 22.5. The Hall–Kier alpha value is -2.72. The highest BCUT2D eigenvalue weighted by Crippen LogP contribution is 2.20. The van der Waals surface area contributed by atoms with Gasteiger partial charge in [0.25, 0.3) is 0 Å². The van der Waals surface area contributed by atoms with Crippen molar-refractivity contribution in [3.63, 3.8) is 0 Å². The van der Waals surface area contributed by atoms with Crippen LogP contribution in [0.2, 0.25) is 10.0 Å². The molecule has 2 N–H and O–H groups in total. The number of hydrogen-bond acceptors (Lipinski definition) is 6. The number of nitrogens with one attached hydrogen (secondary N) is 2. The van der Waals surface area contributed by atoms with Crippen LogP contribution in [0.4, 0.5) is 10.5 Å². The van der Waals surface area contributed by atoms with E-state index in [1.807, 2.05) is 24.3 Å². The summed E-state index contributed by atoms with van der Waals surface area (Å²) in [5, 5.41) is 16.2. The third kappa shape index (κ3) is 5.74. The Balaban J connectivity index is 1.43. The Morgan fingerprint density at radius 1 is 1.09 bits per heavy atom. The van der Waals surface area contributed by atoms with Gasteiger partial charge < -0.3 is 14.4 Å². The van der Waals surface area contributed by atoms with Gasteiger partial charge in [-0.05, 0) is 46.8 Å². The van der Waals surface area contributed by atoms with Crippen LogP contribution in [0.3, 0.4) is 0 Å². The van der Waals surface area contributed by atoms with Gasteiger partial charge >= 0.3 is 6.09 Å². The second-order valence-corrected chi connectivity index (χ2v) is 8.16. The first-order valence-electron chi connectivity index (χ1n) is 10.2. The van der Waals surface area contributed by atoms with Crippen LogP contribution in [0.15, 0.2) is 48.5 Å². The molecular weight excluding hydrogens is 455 g/mol. The number of rotatable bonds is 7. The third-order valence-corrected chi connectivity index (χ3v) is 5.70. The van der Waals surface area contributed by atoms with Gasteiger partial charge in [-0.2, -0.15) is 0 Å². The molecule has 4 rings (SSSR count). The second kappa shape index (κ2) is 10.7. The summed E-state index contributed by atoms with van der Waals surface area (Å²) in [5.74, 6) is 0.700. The number of benzene rings is 2. The van der Waals surface area contributed by atoms with Crippen molar-refractivity contribution in [1.29, 1.82) is 0 Å². The normalized spacial score (nSPS) is 15.3.